The van der Waals surface area contributed by atoms with Gasteiger partial charge in [0.15, 0.2) is 0 Å². The maximum absolute atomic E-state index is 5.17. The zero-order valence-corrected chi connectivity index (χ0v) is 6.75. The van der Waals surface area contributed by atoms with Crippen LogP contribution in [0.15, 0.2) is 0 Å². The van der Waals surface area contributed by atoms with E-state index in [0.717, 1.165) is 0 Å². The Hall–Kier alpha value is 0.310. The number of hydrogen-bond acceptors (Lipinski definition) is 1. The van der Waals surface area contributed by atoms with Crippen LogP contribution >= 0.6 is 0 Å². The second kappa shape index (κ2) is 5.45. The summed E-state index contributed by atoms with van der Waals surface area (Å²) >= 11 is 0.262. The normalized spacial score (nSPS) is 13.9. The number of rotatable bonds is 4. The molecule has 0 rings (SSSR count). The average Bonchev–Trinajstić information content (AvgIpc) is 1.83. The second-order valence-electron chi connectivity index (χ2n) is 1.60. The number of hydrogen-bond donors (Lipinski definition) is 0. The van der Waals surface area contributed by atoms with Gasteiger partial charge in [0.05, 0.1) is 7.11 Å². The Kier molecular flexibility index (Phi) is 5.66. The van der Waals surface area contributed by atoms with Crippen LogP contribution in [-0.4, -0.2) is 18.6 Å². The lowest BCUT2D eigenvalue weighted by Crippen LogP contribution is -2.10. The van der Waals surface area contributed by atoms with Gasteiger partial charge in [0.25, 0.3) is 0 Å². The monoisotopic (exact) mass is 135 g/mol. The molecule has 2 heteroatoms. The third-order valence-electron chi connectivity index (χ3n) is 0.989. The molecule has 0 aromatic carbocycles. The Morgan fingerprint density at radius 1 is 1.38 bits per heavy atom. The maximum Gasteiger partial charge on any atom is 0.146 e. The van der Waals surface area contributed by atoms with Crippen molar-refractivity contribution in [2.24, 2.45) is 0 Å². The molecule has 0 bridgehead atoms. The molecule has 1 unspecified atom stereocenters. The van der Waals surface area contributed by atoms with Crippen LogP contribution in [0.1, 0.15) is 20.3 Å². The summed E-state index contributed by atoms with van der Waals surface area (Å²) in [5.41, 5.74) is 0. The van der Waals surface area contributed by atoms with Crippen molar-refractivity contribution in [2.45, 2.75) is 20.3 Å². The molecule has 0 spiro atoms. The van der Waals surface area contributed by atoms with E-state index in [1.54, 1.807) is 7.11 Å². The summed E-state index contributed by atoms with van der Waals surface area (Å²) in [4.78, 5) is 0. The highest BCUT2D eigenvalue weighted by molar-refractivity contribution is 7.92. The van der Waals surface area contributed by atoms with Gasteiger partial charge in [0.1, 0.15) is 22.7 Å². The van der Waals surface area contributed by atoms with Crippen molar-refractivity contribution in [1.29, 1.82) is 0 Å². The molecule has 8 heavy (non-hydrogen) atoms. The third kappa shape index (κ3) is 3.33. The van der Waals surface area contributed by atoms with E-state index in [2.05, 4.69) is 13.8 Å². The molecule has 0 aliphatic rings. The zero-order chi connectivity index (χ0) is 6.41. The third-order valence-corrected chi connectivity index (χ3v) is 2.97. The molecule has 1 atom stereocenters. The van der Waals surface area contributed by atoms with Gasteiger partial charge in [-0.05, 0) is 13.3 Å². The lowest BCUT2D eigenvalue weighted by atomic mass is 10.6. The first-order valence-corrected chi connectivity index (χ1v) is 4.55. The van der Waals surface area contributed by atoms with Crippen molar-refractivity contribution in [3.63, 3.8) is 0 Å². The fraction of sp³-hybridized carbons (Fsp3) is 1.00. The van der Waals surface area contributed by atoms with Crippen LogP contribution in [0.2, 0.25) is 0 Å². The first-order valence-electron chi connectivity index (χ1n) is 3.07. The Labute approximate surface area is 55.0 Å². The standard InChI is InChI=1S/C6H15OS/c1-4-6-8(5-2)7-3/h4-6H2,1-3H3/q+1. The van der Waals surface area contributed by atoms with Crippen LogP contribution in [-0.2, 0) is 15.4 Å². The minimum absolute atomic E-state index is 0.262. The Morgan fingerprint density at radius 3 is 2.12 bits per heavy atom. The van der Waals surface area contributed by atoms with E-state index < -0.39 is 0 Å². The first-order chi connectivity index (χ1) is 3.85. The Bertz CT molecular complexity index is 43.8. The smallest absolute Gasteiger partial charge is 0.146 e. The summed E-state index contributed by atoms with van der Waals surface area (Å²) in [7, 11) is 1.79. The molecule has 0 saturated carbocycles. The minimum Gasteiger partial charge on any atom is -0.177 e. The van der Waals surface area contributed by atoms with Crippen LogP contribution in [0.5, 0.6) is 0 Å². The minimum atomic E-state index is 0.262. The molecular formula is C6H15OS+. The molecule has 0 aliphatic carbocycles. The lowest BCUT2D eigenvalue weighted by Gasteiger charge is -1.96. The largest absolute Gasteiger partial charge is 0.177 e. The second-order valence-corrected chi connectivity index (χ2v) is 3.80. The van der Waals surface area contributed by atoms with E-state index in [9.17, 15) is 0 Å². The van der Waals surface area contributed by atoms with Gasteiger partial charge in [0.2, 0.25) is 0 Å². The van der Waals surface area contributed by atoms with Crippen molar-refractivity contribution in [1.82, 2.24) is 0 Å². The van der Waals surface area contributed by atoms with Gasteiger partial charge >= 0.3 is 0 Å². The van der Waals surface area contributed by atoms with Gasteiger partial charge in [-0.3, -0.25) is 0 Å². The van der Waals surface area contributed by atoms with Crippen LogP contribution in [0.4, 0.5) is 0 Å². The van der Waals surface area contributed by atoms with Gasteiger partial charge in [0, 0.05) is 0 Å². The molecular weight excluding hydrogens is 120 g/mol. The molecule has 0 amide bonds. The quantitative estimate of drug-likeness (QED) is 0.532. The summed E-state index contributed by atoms with van der Waals surface area (Å²) in [6.07, 6.45) is 1.24. The topological polar surface area (TPSA) is 9.23 Å². The van der Waals surface area contributed by atoms with Crippen LogP contribution in [0.3, 0.4) is 0 Å². The maximum atomic E-state index is 5.17. The van der Waals surface area contributed by atoms with E-state index in [-0.39, 0.29) is 11.2 Å². The molecule has 0 aromatic heterocycles. The average molecular weight is 135 g/mol. The van der Waals surface area contributed by atoms with Crippen LogP contribution < -0.4 is 0 Å². The fourth-order valence-electron chi connectivity index (χ4n) is 0.573. The lowest BCUT2D eigenvalue weighted by molar-refractivity contribution is 0.472. The molecule has 0 aromatic rings. The first kappa shape index (κ1) is 8.31. The predicted octanol–water partition coefficient (Wildman–Crippen LogP) is 1.60. The summed E-state index contributed by atoms with van der Waals surface area (Å²) < 4.78 is 5.17. The van der Waals surface area contributed by atoms with Crippen molar-refractivity contribution in [3.05, 3.63) is 0 Å². The van der Waals surface area contributed by atoms with Gasteiger partial charge in [-0.1, -0.05) is 6.92 Å². The van der Waals surface area contributed by atoms with Gasteiger partial charge < -0.3 is 0 Å². The Morgan fingerprint density at radius 2 is 2.00 bits per heavy atom. The Balaban J connectivity index is 3.07. The molecule has 0 saturated heterocycles. The fourth-order valence-corrected chi connectivity index (χ4v) is 1.72. The van der Waals surface area contributed by atoms with E-state index in [1.165, 1.54) is 17.9 Å². The molecule has 0 aliphatic heterocycles. The highest BCUT2D eigenvalue weighted by atomic mass is 32.2. The van der Waals surface area contributed by atoms with E-state index in [4.69, 9.17) is 4.18 Å². The van der Waals surface area contributed by atoms with Crippen molar-refractivity contribution in [3.8, 4) is 0 Å². The molecule has 1 nitrogen and oxygen atoms in total. The van der Waals surface area contributed by atoms with Crippen LogP contribution in [0.25, 0.3) is 0 Å². The molecule has 0 radical (unpaired) electrons. The van der Waals surface area contributed by atoms with Crippen molar-refractivity contribution in [2.75, 3.05) is 18.6 Å². The highest BCUT2D eigenvalue weighted by Gasteiger charge is 2.11. The zero-order valence-electron chi connectivity index (χ0n) is 5.94. The van der Waals surface area contributed by atoms with Crippen molar-refractivity contribution >= 4 is 11.2 Å². The molecule has 0 fully saturated rings. The summed E-state index contributed by atoms with van der Waals surface area (Å²) in [6.45, 7) is 4.36. The molecule has 0 N–H and O–H groups in total. The molecule has 50 valence electrons. The van der Waals surface area contributed by atoms with E-state index >= 15 is 0 Å². The van der Waals surface area contributed by atoms with Crippen molar-refractivity contribution < 1.29 is 4.18 Å². The van der Waals surface area contributed by atoms with E-state index in [1.807, 2.05) is 0 Å². The summed E-state index contributed by atoms with van der Waals surface area (Å²) in [5, 5.41) is 0. The summed E-state index contributed by atoms with van der Waals surface area (Å²) in [6, 6.07) is 0. The van der Waals surface area contributed by atoms with Gasteiger partial charge in [-0.2, -0.15) is 4.18 Å². The van der Waals surface area contributed by atoms with Gasteiger partial charge in [-0.25, -0.2) is 0 Å². The predicted molar refractivity (Wildman–Crippen MR) is 40.1 cm³/mol. The van der Waals surface area contributed by atoms with E-state index in [0.29, 0.717) is 0 Å². The summed E-state index contributed by atoms with van der Waals surface area (Å²) in [5.74, 6) is 2.40. The molecule has 0 heterocycles. The SMILES string of the molecule is CCC[S+](CC)OC. The van der Waals surface area contributed by atoms with Crippen LogP contribution in [0, 0.1) is 0 Å². The highest BCUT2D eigenvalue weighted by Crippen LogP contribution is 1.97. The van der Waals surface area contributed by atoms with Gasteiger partial charge in [-0.15, -0.1) is 0 Å².